The normalized spacial score (nSPS) is 16.1. The monoisotopic (exact) mass is 640 g/mol. The summed E-state index contributed by atoms with van der Waals surface area (Å²) in [5, 5.41) is 4.18. The molecule has 2 aliphatic rings. The van der Waals surface area contributed by atoms with Crippen molar-refractivity contribution in [2.75, 3.05) is 20.1 Å². The van der Waals surface area contributed by atoms with Crippen LogP contribution in [0.1, 0.15) is 76.4 Å². The molecule has 1 aliphatic carbocycles. The van der Waals surface area contributed by atoms with Crippen molar-refractivity contribution in [1.82, 2.24) is 19.2 Å². The molecule has 8 heteroatoms. The number of nitrogens with one attached hydrogen (secondary N) is 1. The predicted molar refractivity (Wildman–Crippen MR) is 181 cm³/mol. The highest BCUT2D eigenvalue weighted by Crippen LogP contribution is 2.44. The molecule has 1 saturated carbocycles. The van der Waals surface area contributed by atoms with Crippen LogP contribution in [-0.2, 0) is 0 Å². The number of fused-ring (bicyclic) bond motifs is 1. The van der Waals surface area contributed by atoms with E-state index in [-0.39, 0.29) is 11.8 Å². The van der Waals surface area contributed by atoms with E-state index in [1.54, 1.807) is 19.0 Å². The van der Waals surface area contributed by atoms with Gasteiger partial charge >= 0.3 is 0 Å². The van der Waals surface area contributed by atoms with E-state index < -0.39 is 0 Å². The van der Waals surface area contributed by atoms with Gasteiger partial charge in [0.25, 0.3) is 5.91 Å². The van der Waals surface area contributed by atoms with Crippen molar-refractivity contribution in [3.05, 3.63) is 129 Å². The number of carbonyl (C=O) groups is 1. The van der Waals surface area contributed by atoms with E-state index in [4.69, 9.17) is 28.2 Å². The summed E-state index contributed by atoms with van der Waals surface area (Å²) in [4.78, 5) is 18.4. The first-order valence-electron chi connectivity index (χ1n) is 15.2. The van der Waals surface area contributed by atoms with Gasteiger partial charge in [0.15, 0.2) is 0 Å². The smallest absolute Gasteiger partial charge is 0.251 e. The van der Waals surface area contributed by atoms with E-state index in [9.17, 15) is 4.79 Å². The maximum absolute atomic E-state index is 12.1. The van der Waals surface area contributed by atoms with Crippen LogP contribution >= 0.6 is 35.1 Å². The van der Waals surface area contributed by atoms with Gasteiger partial charge in [0.1, 0.15) is 5.82 Å². The molecular formula is C36H34Cl2N4OS. The van der Waals surface area contributed by atoms with Gasteiger partial charge in [-0.05, 0) is 109 Å². The Balaban J connectivity index is 1.19. The summed E-state index contributed by atoms with van der Waals surface area (Å²) in [6.45, 7) is 1.95. The summed E-state index contributed by atoms with van der Waals surface area (Å²) < 4.78 is 5.00. The van der Waals surface area contributed by atoms with Gasteiger partial charge in [0.05, 0.1) is 11.0 Å². The molecule has 0 bridgehead atoms. The molecule has 1 saturated heterocycles. The molecule has 0 radical (unpaired) electrons. The first kappa shape index (κ1) is 29.4. The van der Waals surface area contributed by atoms with Gasteiger partial charge < -0.3 is 9.88 Å². The molecule has 5 nitrogen and oxygen atoms in total. The second kappa shape index (κ2) is 12.6. The Hall–Kier alpha value is -3.29. The lowest BCUT2D eigenvalue weighted by Crippen LogP contribution is -2.30. The molecule has 1 N–H and O–H groups in total. The average Bonchev–Trinajstić information content (AvgIpc) is 3.83. The lowest BCUT2D eigenvalue weighted by molar-refractivity contribution is 0.0963. The van der Waals surface area contributed by atoms with Crippen LogP contribution in [0.2, 0.25) is 10.0 Å². The van der Waals surface area contributed by atoms with Gasteiger partial charge in [0, 0.05) is 58.5 Å². The van der Waals surface area contributed by atoms with Crippen molar-refractivity contribution >= 4 is 52.1 Å². The number of piperidine rings is 1. The zero-order chi connectivity index (χ0) is 30.2. The van der Waals surface area contributed by atoms with Gasteiger partial charge in [-0.1, -0.05) is 59.6 Å². The molecular weight excluding hydrogens is 607 g/mol. The van der Waals surface area contributed by atoms with Crippen LogP contribution in [-0.4, -0.2) is 39.9 Å². The molecule has 0 atom stereocenters. The Morgan fingerprint density at radius 2 is 1.48 bits per heavy atom. The molecule has 0 spiro atoms. The highest BCUT2D eigenvalue weighted by atomic mass is 35.5. The molecule has 5 aromatic rings. The second-order valence-corrected chi connectivity index (χ2v) is 13.8. The number of aromatic nitrogens is 2. The van der Waals surface area contributed by atoms with E-state index in [2.05, 4.69) is 62.7 Å². The maximum Gasteiger partial charge on any atom is 0.251 e. The Kier molecular flexibility index (Phi) is 8.43. The highest BCUT2D eigenvalue weighted by molar-refractivity contribution is 7.97. The summed E-state index contributed by atoms with van der Waals surface area (Å²) in [6, 6.07) is 31.4. The maximum atomic E-state index is 12.1. The van der Waals surface area contributed by atoms with Gasteiger partial charge in [-0.3, -0.25) is 4.79 Å². The van der Waals surface area contributed by atoms with E-state index in [1.807, 2.05) is 42.5 Å². The van der Waals surface area contributed by atoms with Crippen LogP contribution in [0, 0.1) is 0 Å². The minimum atomic E-state index is -0.0560. The van der Waals surface area contributed by atoms with E-state index in [0.29, 0.717) is 17.5 Å². The average molecular weight is 642 g/mol. The van der Waals surface area contributed by atoms with Crippen molar-refractivity contribution in [3.8, 4) is 0 Å². The van der Waals surface area contributed by atoms with Crippen LogP contribution < -0.4 is 5.32 Å². The van der Waals surface area contributed by atoms with Crippen molar-refractivity contribution in [2.45, 2.75) is 48.5 Å². The van der Waals surface area contributed by atoms with Crippen LogP contribution in [0.15, 0.2) is 95.9 Å². The summed E-state index contributed by atoms with van der Waals surface area (Å²) in [7, 11) is 1.67. The molecule has 224 valence electrons. The number of hydrogen-bond donors (Lipinski definition) is 1. The number of carbonyl (C=O) groups excluding carboxylic acids is 1. The zero-order valence-corrected chi connectivity index (χ0v) is 26.9. The number of nitrogens with zero attached hydrogens (tertiary/aromatic N) is 3. The molecule has 0 unspecified atom stereocenters. The largest absolute Gasteiger partial charge is 0.355 e. The highest BCUT2D eigenvalue weighted by Gasteiger charge is 2.33. The Morgan fingerprint density at radius 3 is 2.09 bits per heavy atom. The minimum absolute atomic E-state index is 0.0467. The van der Waals surface area contributed by atoms with Gasteiger partial charge in [0.2, 0.25) is 0 Å². The minimum Gasteiger partial charge on any atom is -0.355 e. The van der Waals surface area contributed by atoms with Crippen LogP contribution in [0.5, 0.6) is 0 Å². The Labute approximate surface area is 272 Å². The third-order valence-electron chi connectivity index (χ3n) is 8.77. The number of amides is 1. The quantitative estimate of drug-likeness (QED) is 0.136. The van der Waals surface area contributed by atoms with E-state index in [0.717, 1.165) is 46.4 Å². The van der Waals surface area contributed by atoms with Crippen LogP contribution in [0.25, 0.3) is 11.0 Å². The third kappa shape index (κ3) is 6.14. The van der Waals surface area contributed by atoms with Gasteiger partial charge in [-0.25, -0.2) is 9.29 Å². The molecule has 7 rings (SSSR count). The number of hydrogen-bond acceptors (Lipinski definition) is 4. The topological polar surface area (TPSA) is 50.2 Å². The fourth-order valence-corrected chi connectivity index (χ4v) is 7.65. The summed E-state index contributed by atoms with van der Waals surface area (Å²) in [6.07, 6.45) is 4.53. The number of benzene rings is 4. The van der Waals surface area contributed by atoms with Crippen LogP contribution in [0.4, 0.5) is 0 Å². The Morgan fingerprint density at radius 1 is 0.841 bits per heavy atom. The van der Waals surface area contributed by atoms with Gasteiger partial charge in [-0.15, -0.1) is 0 Å². The summed E-state index contributed by atoms with van der Waals surface area (Å²) in [5.74, 6) is 1.79. The van der Waals surface area contributed by atoms with Crippen molar-refractivity contribution in [3.63, 3.8) is 0 Å². The second-order valence-electron chi connectivity index (χ2n) is 11.8. The lowest BCUT2D eigenvalue weighted by atomic mass is 9.85. The van der Waals surface area contributed by atoms with Crippen molar-refractivity contribution in [1.29, 1.82) is 0 Å². The molecule has 4 aromatic carbocycles. The predicted octanol–water partition coefficient (Wildman–Crippen LogP) is 9.10. The molecule has 1 aromatic heterocycles. The standard InChI is InChI=1S/C36H34Cl2N4OS/c1-39-36(43)27-3-2-4-31(21-27)44-41-19-17-30(18-20-41)42-33-22-26(11-16-32(33)40-35(42)25-5-6-25)34(23-7-12-28(37)13-8-23)24-9-14-29(38)15-10-24/h2-4,7-16,21-22,25,30,34H,5-6,17-20H2,1H3,(H,39,43). The number of rotatable bonds is 8. The molecule has 2 heterocycles. The number of imidazole rings is 1. The molecule has 1 amide bonds. The summed E-state index contributed by atoms with van der Waals surface area (Å²) in [5.41, 5.74) is 6.60. The number of halogens is 2. The SMILES string of the molecule is CNC(=O)c1cccc(SN2CCC(n3c(C4CC4)nc4ccc(C(c5ccc(Cl)cc5)c5ccc(Cl)cc5)cc43)CC2)c1. The fourth-order valence-electron chi connectivity index (χ4n) is 6.39. The van der Waals surface area contributed by atoms with Gasteiger partial charge in [-0.2, -0.15) is 0 Å². The zero-order valence-electron chi connectivity index (χ0n) is 24.5. The molecule has 1 aliphatic heterocycles. The van der Waals surface area contributed by atoms with Crippen LogP contribution in [0.3, 0.4) is 0 Å². The van der Waals surface area contributed by atoms with Crippen molar-refractivity contribution in [2.24, 2.45) is 0 Å². The molecule has 44 heavy (non-hydrogen) atoms. The Bertz CT molecular complexity index is 1750. The van der Waals surface area contributed by atoms with Crippen molar-refractivity contribution < 1.29 is 4.79 Å². The summed E-state index contributed by atoms with van der Waals surface area (Å²) >= 11 is 14.3. The first-order chi connectivity index (χ1) is 21.5. The molecule has 2 fully saturated rings. The lowest BCUT2D eigenvalue weighted by Gasteiger charge is -2.33. The van der Waals surface area contributed by atoms with E-state index >= 15 is 0 Å². The first-order valence-corrected chi connectivity index (χ1v) is 16.8. The third-order valence-corrected chi connectivity index (χ3v) is 10.4. The van der Waals surface area contributed by atoms with E-state index in [1.165, 1.54) is 40.9 Å². The fraction of sp³-hybridized carbons (Fsp3) is 0.278.